The molecule has 5 rings (SSSR count). The fourth-order valence-corrected chi connectivity index (χ4v) is 6.63. The van der Waals surface area contributed by atoms with E-state index in [4.69, 9.17) is 27.9 Å². The van der Waals surface area contributed by atoms with E-state index in [1.165, 1.54) is 25.3 Å². The molecule has 1 saturated heterocycles. The maximum absolute atomic E-state index is 14.2. The van der Waals surface area contributed by atoms with Crippen molar-refractivity contribution in [3.05, 3.63) is 87.4 Å². The molecule has 4 N–H and O–H groups in total. The van der Waals surface area contributed by atoms with Crippen molar-refractivity contribution >= 4 is 52.4 Å². The number of hydrogen-bond donors (Lipinski definition) is 4. The number of halogens is 2. The lowest BCUT2D eigenvalue weighted by Crippen LogP contribution is -2.49. The van der Waals surface area contributed by atoms with Gasteiger partial charge in [-0.25, -0.2) is 4.79 Å². The summed E-state index contributed by atoms with van der Waals surface area (Å²) in [6.45, 7) is 6.28. The number of amides is 2. The molecule has 2 aliphatic heterocycles. The molecular formula is C31H31Cl2N3O5. The van der Waals surface area contributed by atoms with E-state index in [2.05, 4.69) is 36.7 Å². The van der Waals surface area contributed by atoms with Crippen LogP contribution in [0, 0.1) is 5.41 Å². The summed E-state index contributed by atoms with van der Waals surface area (Å²) in [5.74, 6) is -2.18. The van der Waals surface area contributed by atoms with Gasteiger partial charge in [-0.15, -0.1) is 0 Å². The number of anilines is 2. The van der Waals surface area contributed by atoms with Crippen LogP contribution < -0.4 is 20.7 Å². The van der Waals surface area contributed by atoms with E-state index in [0.717, 1.165) is 11.1 Å². The van der Waals surface area contributed by atoms with E-state index in [1.807, 2.05) is 12.1 Å². The Morgan fingerprint density at radius 1 is 1.05 bits per heavy atom. The first-order valence-electron chi connectivity index (χ1n) is 13.2. The van der Waals surface area contributed by atoms with Gasteiger partial charge in [0.2, 0.25) is 11.8 Å². The Balaban J connectivity index is 1.67. The number of carbonyl (C=O) groups excluding carboxylic acids is 2. The molecule has 0 aliphatic carbocycles. The number of benzene rings is 3. The third-order valence-corrected chi connectivity index (χ3v) is 8.29. The number of carboxylic acids is 1. The van der Waals surface area contributed by atoms with Crippen molar-refractivity contribution < 1.29 is 24.2 Å². The van der Waals surface area contributed by atoms with Crippen LogP contribution in [-0.4, -0.2) is 42.1 Å². The summed E-state index contributed by atoms with van der Waals surface area (Å²) in [6, 6.07) is 15.5. The number of carboxylic acid groups (broad SMARTS) is 1. The van der Waals surface area contributed by atoms with Crippen LogP contribution in [0.2, 0.25) is 10.0 Å². The summed E-state index contributed by atoms with van der Waals surface area (Å²) < 4.78 is 5.39. The lowest BCUT2D eigenvalue weighted by atomic mass is 9.62. The van der Waals surface area contributed by atoms with Gasteiger partial charge in [0.25, 0.3) is 0 Å². The zero-order chi connectivity index (χ0) is 29.7. The monoisotopic (exact) mass is 595 g/mol. The van der Waals surface area contributed by atoms with Crippen LogP contribution in [0.3, 0.4) is 0 Å². The largest absolute Gasteiger partial charge is 0.495 e. The summed E-state index contributed by atoms with van der Waals surface area (Å²) in [7, 11) is 1.40. The summed E-state index contributed by atoms with van der Waals surface area (Å²) in [5.41, 5.74) is 1.09. The van der Waals surface area contributed by atoms with Gasteiger partial charge in [0.1, 0.15) is 11.2 Å². The molecule has 4 atom stereocenters. The Morgan fingerprint density at radius 3 is 2.44 bits per heavy atom. The molecule has 3 aromatic carbocycles. The van der Waals surface area contributed by atoms with Gasteiger partial charge in [0, 0.05) is 27.7 Å². The highest BCUT2D eigenvalue weighted by Crippen LogP contribution is 2.56. The minimum absolute atomic E-state index is 0.0257. The first-order chi connectivity index (χ1) is 19.3. The molecule has 2 amide bonds. The lowest BCUT2D eigenvalue weighted by molar-refractivity contribution is -0.122. The number of ether oxygens (including phenoxy) is 1. The first-order valence-corrected chi connectivity index (χ1v) is 14.0. The van der Waals surface area contributed by atoms with E-state index < -0.39 is 35.3 Å². The van der Waals surface area contributed by atoms with Crippen LogP contribution in [0.1, 0.15) is 54.6 Å². The van der Waals surface area contributed by atoms with Crippen LogP contribution >= 0.6 is 23.2 Å². The van der Waals surface area contributed by atoms with Gasteiger partial charge >= 0.3 is 5.97 Å². The number of nitrogens with one attached hydrogen (secondary N) is 3. The van der Waals surface area contributed by atoms with Crippen molar-refractivity contribution in [1.82, 2.24) is 5.32 Å². The Bertz CT molecular complexity index is 1550. The van der Waals surface area contributed by atoms with E-state index in [1.54, 1.807) is 30.3 Å². The van der Waals surface area contributed by atoms with E-state index in [9.17, 15) is 19.5 Å². The van der Waals surface area contributed by atoms with Gasteiger partial charge in [-0.3, -0.25) is 9.59 Å². The molecule has 3 aromatic rings. The van der Waals surface area contributed by atoms with Crippen LogP contribution in [0.25, 0.3) is 0 Å². The zero-order valence-corrected chi connectivity index (χ0v) is 24.6. The first kappa shape index (κ1) is 28.9. The predicted molar refractivity (Wildman–Crippen MR) is 159 cm³/mol. The summed E-state index contributed by atoms with van der Waals surface area (Å²) in [6.07, 6.45) is 0.583. The molecule has 1 fully saturated rings. The molecule has 0 bridgehead atoms. The van der Waals surface area contributed by atoms with Gasteiger partial charge in [-0.1, -0.05) is 62.2 Å². The number of methoxy groups -OCH3 is 1. The molecule has 0 unspecified atom stereocenters. The Labute approximate surface area is 248 Å². The number of hydrogen-bond acceptors (Lipinski definition) is 5. The molecule has 214 valence electrons. The molecule has 2 aliphatic rings. The second-order valence-electron chi connectivity index (χ2n) is 11.7. The van der Waals surface area contributed by atoms with Gasteiger partial charge < -0.3 is 25.8 Å². The standard InChI is InChI=1S/C31H31Cl2N3O5/c1-30(2,3)15-24-31(20-10-9-19(33)14-22(20)35-29(31)40)25(16-6-5-7-18(32)12-16)26(36-24)27(37)34-21-11-8-17(28(38)39)13-23(21)41-4/h5-14,24-26,36H,15H2,1-4H3,(H,34,37)(H,35,40)(H,38,39)/t24-,25-,26+,31+/m0/s1. The molecule has 10 heteroatoms. The maximum atomic E-state index is 14.2. The van der Waals surface area contributed by atoms with Gasteiger partial charge in [0.15, 0.2) is 0 Å². The van der Waals surface area contributed by atoms with Crippen LogP contribution in [0.15, 0.2) is 60.7 Å². The van der Waals surface area contributed by atoms with Crippen LogP contribution in [-0.2, 0) is 15.0 Å². The summed E-state index contributed by atoms with van der Waals surface area (Å²) in [5, 5.41) is 19.9. The average Bonchev–Trinajstić information content (AvgIpc) is 3.37. The Morgan fingerprint density at radius 2 is 1.78 bits per heavy atom. The van der Waals surface area contributed by atoms with Crippen LogP contribution in [0.4, 0.5) is 11.4 Å². The molecule has 8 nitrogen and oxygen atoms in total. The van der Waals surface area contributed by atoms with Crippen molar-refractivity contribution in [2.24, 2.45) is 5.41 Å². The molecular weight excluding hydrogens is 565 g/mol. The fraction of sp³-hybridized carbons (Fsp3) is 0.323. The maximum Gasteiger partial charge on any atom is 0.335 e. The Kier molecular flexibility index (Phi) is 7.53. The second kappa shape index (κ2) is 10.7. The molecule has 2 heterocycles. The molecule has 1 spiro atoms. The Hall–Kier alpha value is -3.59. The molecule has 0 saturated carbocycles. The van der Waals surface area contributed by atoms with Crippen molar-refractivity contribution in [2.45, 2.75) is 50.6 Å². The van der Waals surface area contributed by atoms with E-state index >= 15 is 0 Å². The average molecular weight is 597 g/mol. The smallest absolute Gasteiger partial charge is 0.335 e. The number of fused-ring (bicyclic) bond motifs is 2. The van der Waals surface area contributed by atoms with Crippen LogP contribution in [0.5, 0.6) is 5.75 Å². The fourth-order valence-electron chi connectivity index (χ4n) is 6.26. The summed E-state index contributed by atoms with van der Waals surface area (Å²) in [4.78, 5) is 39.9. The topological polar surface area (TPSA) is 117 Å². The quantitative estimate of drug-likeness (QED) is 0.274. The third kappa shape index (κ3) is 5.16. The summed E-state index contributed by atoms with van der Waals surface area (Å²) >= 11 is 12.8. The van der Waals surface area contributed by atoms with Crippen molar-refractivity contribution in [2.75, 3.05) is 17.7 Å². The second-order valence-corrected chi connectivity index (χ2v) is 12.6. The number of carbonyl (C=O) groups is 3. The predicted octanol–water partition coefficient (Wildman–Crippen LogP) is 6.09. The number of aromatic carboxylic acids is 1. The van der Waals surface area contributed by atoms with Crippen molar-refractivity contribution in [1.29, 1.82) is 0 Å². The highest BCUT2D eigenvalue weighted by atomic mass is 35.5. The van der Waals surface area contributed by atoms with Crippen molar-refractivity contribution in [3.8, 4) is 5.75 Å². The minimum atomic E-state index is -1.16. The van der Waals surface area contributed by atoms with E-state index in [0.29, 0.717) is 27.8 Å². The molecule has 0 radical (unpaired) electrons. The molecule has 41 heavy (non-hydrogen) atoms. The zero-order valence-electron chi connectivity index (χ0n) is 23.0. The lowest BCUT2D eigenvalue weighted by Gasteiger charge is -2.37. The van der Waals surface area contributed by atoms with Gasteiger partial charge in [-0.05, 0) is 65.4 Å². The van der Waals surface area contributed by atoms with Crippen molar-refractivity contribution in [3.63, 3.8) is 0 Å². The molecule has 0 aromatic heterocycles. The normalized spacial score (nSPS) is 23.3. The highest BCUT2D eigenvalue weighted by molar-refractivity contribution is 6.31. The third-order valence-electron chi connectivity index (χ3n) is 7.82. The highest BCUT2D eigenvalue weighted by Gasteiger charge is 2.65. The number of rotatable bonds is 6. The van der Waals surface area contributed by atoms with Gasteiger partial charge in [-0.2, -0.15) is 0 Å². The van der Waals surface area contributed by atoms with Gasteiger partial charge in [0.05, 0.1) is 24.4 Å². The van der Waals surface area contributed by atoms with E-state index in [-0.39, 0.29) is 22.6 Å². The SMILES string of the molecule is COc1cc(C(=O)O)ccc1NC(=O)[C@@H]1N[C@@H](CC(C)(C)C)[C@@]2(C(=O)Nc3cc(Cl)ccc32)[C@H]1c1cccc(Cl)c1. The minimum Gasteiger partial charge on any atom is -0.495 e.